The summed E-state index contributed by atoms with van der Waals surface area (Å²) in [6.45, 7) is 2.18. The molecule has 1 aromatic rings. The van der Waals surface area contributed by atoms with Crippen LogP contribution in [-0.2, 0) is 6.54 Å². The van der Waals surface area contributed by atoms with E-state index in [0.29, 0.717) is 18.9 Å². The summed E-state index contributed by atoms with van der Waals surface area (Å²) in [6, 6.07) is 3.82. The minimum atomic E-state index is -0.0574. The van der Waals surface area contributed by atoms with E-state index in [9.17, 15) is 4.79 Å². The first-order valence-electron chi connectivity index (χ1n) is 5.43. The first-order chi connectivity index (χ1) is 8.09. The molecule has 0 saturated heterocycles. The maximum atomic E-state index is 12.0. The van der Waals surface area contributed by atoms with Crippen molar-refractivity contribution in [3.8, 4) is 0 Å². The lowest BCUT2D eigenvalue weighted by Gasteiger charge is -2.33. The van der Waals surface area contributed by atoms with E-state index < -0.39 is 0 Å². The van der Waals surface area contributed by atoms with Gasteiger partial charge in [0, 0.05) is 24.8 Å². The predicted molar refractivity (Wildman–Crippen MR) is 70.0 cm³/mol. The van der Waals surface area contributed by atoms with Crippen LogP contribution in [0.25, 0.3) is 0 Å². The minimum Gasteiger partial charge on any atom is -0.318 e. The number of hydrogen-bond acceptors (Lipinski definition) is 3. The van der Waals surface area contributed by atoms with Crippen molar-refractivity contribution in [1.82, 2.24) is 14.8 Å². The van der Waals surface area contributed by atoms with Crippen molar-refractivity contribution >= 4 is 28.0 Å². The van der Waals surface area contributed by atoms with Gasteiger partial charge in [0.2, 0.25) is 0 Å². The molecular formula is C11H15BrN4O. The van der Waals surface area contributed by atoms with Crippen LogP contribution >= 0.6 is 16.1 Å². The summed E-state index contributed by atoms with van der Waals surface area (Å²) < 4.78 is 1.43. The molecule has 1 aromatic heterocycles. The lowest BCUT2D eigenvalue weighted by atomic mass is 10.2. The molecule has 92 valence electrons. The highest BCUT2D eigenvalue weighted by Gasteiger charge is 2.29. The number of pyridine rings is 1. The Kier molecular flexibility index (Phi) is 3.63. The highest BCUT2D eigenvalue weighted by Crippen LogP contribution is 2.28. The summed E-state index contributed by atoms with van der Waals surface area (Å²) in [5.41, 5.74) is 1.06. The number of halogens is 1. The van der Waals surface area contributed by atoms with Crippen LogP contribution in [0.1, 0.15) is 5.56 Å². The lowest BCUT2D eigenvalue weighted by molar-refractivity contribution is 0.196. The molecule has 0 bridgehead atoms. The third-order valence-electron chi connectivity index (χ3n) is 2.67. The maximum Gasteiger partial charge on any atom is 0.336 e. The van der Waals surface area contributed by atoms with Crippen LogP contribution in [-0.4, -0.2) is 48.0 Å². The molecule has 0 fully saturated rings. The monoisotopic (exact) mass is 298 g/mol. The van der Waals surface area contributed by atoms with Gasteiger partial charge in [0.25, 0.3) is 0 Å². The molecule has 0 aliphatic carbocycles. The van der Waals surface area contributed by atoms with Crippen molar-refractivity contribution in [1.29, 1.82) is 0 Å². The van der Waals surface area contributed by atoms with Gasteiger partial charge in [0.05, 0.1) is 22.7 Å². The quantitative estimate of drug-likeness (QED) is 0.798. The Morgan fingerprint density at radius 3 is 3.00 bits per heavy atom. The van der Waals surface area contributed by atoms with Gasteiger partial charge in [-0.25, -0.2) is 13.7 Å². The molecule has 0 saturated carbocycles. The molecule has 1 aliphatic heterocycles. The summed E-state index contributed by atoms with van der Waals surface area (Å²) in [5, 5.41) is 0. The smallest absolute Gasteiger partial charge is 0.318 e. The van der Waals surface area contributed by atoms with Gasteiger partial charge >= 0.3 is 6.03 Å². The third-order valence-corrected chi connectivity index (χ3v) is 3.31. The number of amides is 2. The molecule has 6 heteroatoms. The fourth-order valence-electron chi connectivity index (χ4n) is 1.71. The number of urea groups is 1. The van der Waals surface area contributed by atoms with E-state index in [4.69, 9.17) is 0 Å². The van der Waals surface area contributed by atoms with E-state index >= 15 is 0 Å². The summed E-state index contributed by atoms with van der Waals surface area (Å²) in [4.78, 5) is 20.1. The van der Waals surface area contributed by atoms with Crippen molar-refractivity contribution in [2.24, 2.45) is 0 Å². The average molecular weight is 299 g/mol. The van der Waals surface area contributed by atoms with E-state index in [1.165, 1.54) is 3.93 Å². The molecular weight excluding hydrogens is 284 g/mol. The standard InChI is InChI=1S/C11H15BrN4O/c1-14(2)6-7-15-8-9-4-3-5-13-10(9)16(12)11(15)17/h3-5H,6-8H2,1-2H3. The molecule has 1 aliphatic rings. The highest BCUT2D eigenvalue weighted by molar-refractivity contribution is 9.10. The van der Waals surface area contributed by atoms with Gasteiger partial charge in [-0.2, -0.15) is 0 Å². The van der Waals surface area contributed by atoms with Gasteiger partial charge in [-0.15, -0.1) is 0 Å². The maximum absolute atomic E-state index is 12.0. The second-order valence-electron chi connectivity index (χ2n) is 4.27. The van der Waals surface area contributed by atoms with Gasteiger partial charge < -0.3 is 9.80 Å². The first kappa shape index (κ1) is 12.3. The highest BCUT2D eigenvalue weighted by atomic mass is 79.9. The van der Waals surface area contributed by atoms with Gasteiger partial charge in [-0.3, -0.25) is 0 Å². The van der Waals surface area contributed by atoms with Crippen LogP contribution in [0.2, 0.25) is 0 Å². The second-order valence-corrected chi connectivity index (χ2v) is 4.98. The minimum absolute atomic E-state index is 0.0574. The van der Waals surface area contributed by atoms with Gasteiger partial charge in [0.15, 0.2) is 5.82 Å². The molecule has 17 heavy (non-hydrogen) atoms. The number of nitrogens with zero attached hydrogens (tertiary/aromatic N) is 4. The van der Waals surface area contributed by atoms with E-state index in [0.717, 1.165) is 12.1 Å². The topological polar surface area (TPSA) is 39.7 Å². The average Bonchev–Trinajstić information content (AvgIpc) is 2.32. The predicted octanol–water partition coefficient (Wildman–Crippen LogP) is 1.70. The third kappa shape index (κ3) is 2.58. The largest absolute Gasteiger partial charge is 0.336 e. The van der Waals surface area contributed by atoms with Gasteiger partial charge in [-0.05, 0) is 20.2 Å². The first-order valence-corrected chi connectivity index (χ1v) is 6.14. The molecule has 5 nitrogen and oxygen atoms in total. The molecule has 2 amide bonds. The summed E-state index contributed by atoms with van der Waals surface area (Å²) in [6.07, 6.45) is 1.69. The Morgan fingerprint density at radius 2 is 2.29 bits per heavy atom. The van der Waals surface area contributed by atoms with Crippen LogP contribution in [0, 0.1) is 0 Å². The SMILES string of the molecule is CN(C)CCN1Cc2cccnc2N(Br)C1=O. The molecule has 0 N–H and O–H groups in total. The molecule has 0 spiro atoms. The van der Waals surface area contributed by atoms with Crippen LogP contribution in [0.15, 0.2) is 18.3 Å². The fraction of sp³-hybridized carbons (Fsp3) is 0.455. The number of likely N-dealkylation sites (N-methyl/N-ethyl adjacent to an activating group) is 1. The van der Waals surface area contributed by atoms with Crippen molar-refractivity contribution in [3.63, 3.8) is 0 Å². The van der Waals surface area contributed by atoms with Crippen molar-refractivity contribution < 1.29 is 4.79 Å². The Morgan fingerprint density at radius 1 is 1.53 bits per heavy atom. The summed E-state index contributed by atoms with van der Waals surface area (Å²) in [7, 11) is 3.99. The Labute approximate surface area is 109 Å². The molecule has 2 heterocycles. The van der Waals surface area contributed by atoms with E-state index in [2.05, 4.69) is 26.0 Å². The van der Waals surface area contributed by atoms with Gasteiger partial charge in [-0.1, -0.05) is 6.07 Å². The Bertz CT molecular complexity index is 424. The number of fused-ring (bicyclic) bond motifs is 1. The van der Waals surface area contributed by atoms with E-state index in [1.807, 2.05) is 26.2 Å². The molecule has 0 unspecified atom stereocenters. The van der Waals surface area contributed by atoms with Crippen LogP contribution in [0.3, 0.4) is 0 Å². The van der Waals surface area contributed by atoms with Crippen molar-refractivity contribution in [2.45, 2.75) is 6.54 Å². The number of carbonyl (C=O) groups is 1. The Balaban J connectivity index is 2.16. The van der Waals surface area contributed by atoms with E-state index in [-0.39, 0.29) is 6.03 Å². The van der Waals surface area contributed by atoms with Crippen LogP contribution < -0.4 is 3.93 Å². The normalized spacial score (nSPS) is 15.4. The van der Waals surface area contributed by atoms with E-state index in [1.54, 1.807) is 11.1 Å². The number of hydrogen-bond donors (Lipinski definition) is 0. The summed E-state index contributed by atoms with van der Waals surface area (Å²) in [5.74, 6) is 0.693. The van der Waals surface area contributed by atoms with Crippen LogP contribution in [0.5, 0.6) is 0 Å². The molecule has 0 atom stereocenters. The molecule has 0 radical (unpaired) electrons. The number of aromatic nitrogens is 1. The molecule has 2 rings (SSSR count). The second kappa shape index (κ2) is 5.01. The fourth-order valence-corrected chi connectivity index (χ4v) is 2.26. The number of anilines is 1. The van der Waals surface area contributed by atoms with Crippen molar-refractivity contribution in [2.75, 3.05) is 31.1 Å². The number of rotatable bonds is 3. The zero-order chi connectivity index (χ0) is 12.4. The lowest BCUT2D eigenvalue weighted by Crippen LogP contribution is -2.45. The zero-order valence-electron chi connectivity index (χ0n) is 9.93. The zero-order valence-corrected chi connectivity index (χ0v) is 11.5. The Hall–Kier alpha value is -1.14. The molecule has 0 aromatic carbocycles. The van der Waals surface area contributed by atoms with Crippen LogP contribution in [0.4, 0.5) is 10.6 Å². The summed E-state index contributed by atoms with van der Waals surface area (Å²) >= 11 is 3.27. The number of carbonyl (C=O) groups excluding carboxylic acids is 1. The van der Waals surface area contributed by atoms with Crippen molar-refractivity contribution in [3.05, 3.63) is 23.9 Å². The van der Waals surface area contributed by atoms with Gasteiger partial charge in [0.1, 0.15) is 0 Å².